The fourth-order valence-corrected chi connectivity index (χ4v) is 4.17. The molecule has 1 aliphatic heterocycles. The molecule has 2 heterocycles. The summed E-state index contributed by atoms with van der Waals surface area (Å²) >= 11 is 0. The maximum absolute atomic E-state index is 13.1. The van der Waals surface area contributed by atoms with E-state index in [0.29, 0.717) is 43.9 Å². The lowest BCUT2D eigenvalue weighted by molar-refractivity contribution is -0.133. The topological polar surface area (TPSA) is 75.9 Å². The predicted molar refractivity (Wildman–Crippen MR) is 124 cm³/mol. The van der Waals surface area contributed by atoms with Gasteiger partial charge in [-0.05, 0) is 24.6 Å². The van der Waals surface area contributed by atoms with Gasteiger partial charge in [0.2, 0.25) is 5.91 Å². The van der Waals surface area contributed by atoms with Crippen LogP contribution in [0.1, 0.15) is 34.7 Å². The molecule has 1 aliphatic rings. The largest absolute Gasteiger partial charge is 0.490 e. The number of piperidine rings is 1. The van der Waals surface area contributed by atoms with Crippen LogP contribution in [0.3, 0.4) is 0 Å². The van der Waals surface area contributed by atoms with Gasteiger partial charge in [-0.3, -0.25) is 9.59 Å². The third kappa shape index (κ3) is 5.80. The summed E-state index contributed by atoms with van der Waals surface area (Å²) in [5.41, 5.74) is 1.37. The average molecular weight is 448 g/mol. The van der Waals surface area contributed by atoms with E-state index in [1.807, 2.05) is 67.7 Å². The quantitative estimate of drug-likeness (QED) is 0.548. The van der Waals surface area contributed by atoms with Crippen LogP contribution in [0.25, 0.3) is 0 Å². The highest BCUT2D eigenvalue weighted by atomic mass is 16.5. The zero-order chi connectivity index (χ0) is 23.2. The molecule has 33 heavy (non-hydrogen) atoms. The smallest absolute Gasteiger partial charge is 0.276 e. The maximum Gasteiger partial charge on any atom is 0.276 e. The Hall–Kier alpha value is -3.61. The Morgan fingerprint density at radius 3 is 2.48 bits per heavy atom. The first-order valence-electron chi connectivity index (χ1n) is 11.2. The Morgan fingerprint density at radius 2 is 1.82 bits per heavy atom. The van der Waals surface area contributed by atoms with Gasteiger partial charge < -0.3 is 19.1 Å². The summed E-state index contributed by atoms with van der Waals surface area (Å²) in [6.45, 7) is 3.26. The van der Waals surface area contributed by atoms with Crippen LogP contribution in [-0.2, 0) is 11.3 Å². The number of likely N-dealkylation sites (tertiary alicyclic amines) is 1. The third-order valence-corrected chi connectivity index (χ3v) is 5.95. The molecule has 0 saturated carbocycles. The molecule has 2 atom stereocenters. The Bertz CT molecular complexity index is 1070. The van der Waals surface area contributed by atoms with Gasteiger partial charge in [-0.15, -0.1) is 0 Å². The fraction of sp³-hybridized carbons (Fsp3) is 0.346. The van der Waals surface area contributed by atoms with Crippen LogP contribution in [0.15, 0.2) is 71.3 Å². The summed E-state index contributed by atoms with van der Waals surface area (Å²) in [4.78, 5) is 29.5. The Morgan fingerprint density at radius 1 is 1.12 bits per heavy atom. The molecule has 3 aromatic rings. The Balaban J connectivity index is 1.46. The molecule has 7 nitrogen and oxygen atoms in total. The first-order valence-corrected chi connectivity index (χ1v) is 11.2. The zero-order valence-corrected chi connectivity index (χ0v) is 19.0. The van der Waals surface area contributed by atoms with Crippen LogP contribution >= 0.6 is 0 Å². The van der Waals surface area contributed by atoms with Gasteiger partial charge in [-0.2, -0.15) is 0 Å². The molecule has 1 aromatic heterocycles. The summed E-state index contributed by atoms with van der Waals surface area (Å²) < 4.78 is 11.3. The van der Waals surface area contributed by atoms with Crippen molar-refractivity contribution >= 4 is 11.8 Å². The lowest BCUT2D eigenvalue weighted by Gasteiger charge is -2.38. The van der Waals surface area contributed by atoms with Crippen molar-refractivity contribution in [2.45, 2.75) is 32.4 Å². The fourth-order valence-electron chi connectivity index (χ4n) is 4.17. The van der Waals surface area contributed by atoms with Gasteiger partial charge in [-0.25, -0.2) is 0 Å². The lowest BCUT2D eigenvalue weighted by Crippen LogP contribution is -2.49. The van der Waals surface area contributed by atoms with Crippen LogP contribution < -0.4 is 4.74 Å². The van der Waals surface area contributed by atoms with Gasteiger partial charge in [0.05, 0.1) is 0 Å². The molecule has 2 aromatic carbocycles. The lowest BCUT2D eigenvalue weighted by atomic mass is 9.90. The number of ether oxygens (including phenoxy) is 1. The first kappa shape index (κ1) is 22.6. The summed E-state index contributed by atoms with van der Waals surface area (Å²) in [6.07, 6.45) is 0.768. The highest BCUT2D eigenvalue weighted by Gasteiger charge is 2.36. The molecule has 0 N–H and O–H groups in total. The van der Waals surface area contributed by atoms with Crippen LogP contribution in [0.2, 0.25) is 0 Å². The number of rotatable bonds is 7. The van der Waals surface area contributed by atoms with Crippen LogP contribution in [0, 0.1) is 12.8 Å². The third-order valence-electron chi connectivity index (χ3n) is 5.95. The number of benzene rings is 2. The van der Waals surface area contributed by atoms with Crippen LogP contribution in [0.4, 0.5) is 0 Å². The van der Waals surface area contributed by atoms with Crippen LogP contribution in [-0.4, -0.2) is 53.0 Å². The molecule has 7 heteroatoms. The van der Waals surface area contributed by atoms with Crippen molar-refractivity contribution in [2.75, 3.05) is 20.1 Å². The second-order valence-corrected chi connectivity index (χ2v) is 8.53. The number of nitrogens with zero attached hydrogens (tertiary/aromatic N) is 3. The minimum absolute atomic E-state index is 0.0251. The van der Waals surface area contributed by atoms with Crippen molar-refractivity contribution in [3.8, 4) is 5.75 Å². The van der Waals surface area contributed by atoms with Crippen molar-refractivity contribution in [3.05, 3.63) is 83.7 Å². The van der Waals surface area contributed by atoms with E-state index in [-0.39, 0.29) is 23.8 Å². The number of amides is 2. The number of aromatic nitrogens is 1. The number of carbonyl (C=O) groups excluding carboxylic acids is 2. The SMILES string of the molecule is Cc1cc(C(=O)N2CC[C@H](Oc3ccccc3)[C@@H](CC(=O)N(C)Cc3ccccc3)C2)no1. The second-order valence-electron chi connectivity index (χ2n) is 8.53. The van der Waals surface area contributed by atoms with E-state index in [2.05, 4.69) is 5.16 Å². The number of para-hydroxylation sites is 1. The summed E-state index contributed by atoms with van der Waals surface area (Å²) in [5.74, 6) is 1.07. The highest BCUT2D eigenvalue weighted by molar-refractivity contribution is 5.92. The molecule has 172 valence electrons. The Kier molecular flexibility index (Phi) is 7.07. The molecule has 4 rings (SSSR count). The van der Waals surface area contributed by atoms with Gasteiger partial charge in [-0.1, -0.05) is 53.7 Å². The van der Waals surface area contributed by atoms with Crippen LogP contribution in [0.5, 0.6) is 5.75 Å². The van der Waals surface area contributed by atoms with E-state index in [0.717, 1.165) is 11.3 Å². The monoisotopic (exact) mass is 447 g/mol. The van der Waals surface area contributed by atoms with Gasteiger partial charge >= 0.3 is 0 Å². The number of aryl methyl sites for hydroxylation is 1. The Labute approximate surface area is 193 Å². The minimum Gasteiger partial charge on any atom is -0.490 e. The molecular weight excluding hydrogens is 418 g/mol. The normalized spacial score (nSPS) is 18.1. The van der Waals surface area contributed by atoms with Crippen molar-refractivity contribution in [2.24, 2.45) is 5.92 Å². The molecule has 1 saturated heterocycles. The molecule has 2 amide bonds. The van der Waals surface area contributed by atoms with E-state index in [4.69, 9.17) is 9.26 Å². The van der Waals surface area contributed by atoms with Crippen molar-refractivity contribution < 1.29 is 18.8 Å². The molecule has 0 bridgehead atoms. The van der Waals surface area contributed by atoms with Crippen molar-refractivity contribution in [1.29, 1.82) is 0 Å². The summed E-state index contributed by atoms with van der Waals surface area (Å²) in [5, 5.41) is 3.87. The van der Waals surface area contributed by atoms with Crippen molar-refractivity contribution in [3.63, 3.8) is 0 Å². The van der Waals surface area contributed by atoms with E-state index >= 15 is 0 Å². The van der Waals surface area contributed by atoms with E-state index in [1.165, 1.54) is 0 Å². The van der Waals surface area contributed by atoms with Gasteiger partial charge in [0.15, 0.2) is 5.69 Å². The molecule has 1 fully saturated rings. The van der Waals surface area contributed by atoms with Gasteiger partial charge in [0.25, 0.3) is 5.91 Å². The van der Waals surface area contributed by atoms with E-state index in [9.17, 15) is 9.59 Å². The van der Waals surface area contributed by atoms with Crippen molar-refractivity contribution in [1.82, 2.24) is 15.0 Å². The second kappa shape index (κ2) is 10.3. The number of carbonyl (C=O) groups is 2. The first-order chi connectivity index (χ1) is 16.0. The van der Waals surface area contributed by atoms with E-state index < -0.39 is 0 Å². The molecule has 0 aliphatic carbocycles. The summed E-state index contributed by atoms with van der Waals surface area (Å²) in [7, 11) is 1.81. The standard InChI is InChI=1S/C26H29N3O4/c1-19-15-23(27-33-19)26(31)29-14-13-24(32-22-11-7-4-8-12-22)21(18-29)16-25(30)28(2)17-20-9-5-3-6-10-20/h3-12,15,21,24H,13-14,16-18H2,1-2H3/t21-,24-/m0/s1. The van der Waals surface area contributed by atoms with Gasteiger partial charge in [0, 0.05) is 51.5 Å². The maximum atomic E-state index is 13.1. The summed E-state index contributed by atoms with van der Waals surface area (Å²) in [6, 6.07) is 21.2. The average Bonchev–Trinajstić information content (AvgIpc) is 3.27. The minimum atomic E-state index is -0.180. The number of hydrogen-bond acceptors (Lipinski definition) is 5. The van der Waals surface area contributed by atoms with E-state index in [1.54, 1.807) is 22.8 Å². The number of hydrogen-bond donors (Lipinski definition) is 0. The highest BCUT2D eigenvalue weighted by Crippen LogP contribution is 2.27. The molecule has 0 unspecified atom stereocenters. The zero-order valence-electron chi connectivity index (χ0n) is 19.0. The van der Waals surface area contributed by atoms with Gasteiger partial charge in [0.1, 0.15) is 17.6 Å². The molecule has 0 radical (unpaired) electrons. The molecular formula is C26H29N3O4. The predicted octanol–water partition coefficient (Wildman–Crippen LogP) is 3.94. The molecule has 0 spiro atoms.